The van der Waals surface area contributed by atoms with Crippen molar-refractivity contribution in [3.05, 3.63) is 33.3 Å². The highest BCUT2D eigenvalue weighted by Crippen LogP contribution is 2.28. The minimum atomic E-state index is -0.457. The number of ether oxygens (including phenoxy) is 1. The lowest BCUT2D eigenvalue weighted by atomic mass is 10.2. The number of nitrogens with zero attached hydrogens (tertiary/aromatic N) is 1. The Morgan fingerprint density at radius 3 is 2.88 bits per heavy atom. The lowest BCUT2D eigenvalue weighted by Gasteiger charge is -2.15. The van der Waals surface area contributed by atoms with Gasteiger partial charge in [-0.25, -0.2) is 0 Å². The van der Waals surface area contributed by atoms with Crippen LogP contribution in [-0.2, 0) is 4.74 Å². The van der Waals surface area contributed by atoms with Crippen molar-refractivity contribution in [1.82, 2.24) is 0 Å². The molecule has 0 aliphatic rings. The Morgan fingerprint density at radius 1 is 1.59 bits per heavy atom. The molecule has 5 nitrogen and oxygen atoms in total. The van der Waals surface area contributed by atoms with Gasteiger partial charge in [-0.2, -0.15) is 0 Å². The summed E-state index contributed by atoms with van der Waals surface area (Å²) in [5, 5.41) is 14.2. The first-order valence-electron chi connectivity index (χ1n) is 5.32. The number of hydrogen-bond donors (Lipinski definition) is 1. The number of nitro groups is 1. The molecule has 0 aliphatic heterocycles. The van der Waals surface area contributed by atoms with E-state index in [0.717, 1.165) is 0 Å². The van der Waals surface area contributed by atoms with Gasteiger partial charge in [-0.1, -0.05) is 11.6 Å². The van der Waals surface area contributed by atoms with Crippen LogP contribution in [0.25, 0.3) is 0 Å². The first-order valence-corrected chi connectivity index (χ1v) is 5.70. The summed E-state index contributed by atoms with van der Waals surface area (Å²) in [6.45, 7) is 4.91. The highest BCUT2D eigenvalue weighted by atomic mass is 35.5. The van der Waals surface area contributed by atoms with Gasteiger partial charge >= 0.3 is 0 Å². The van der Waals surface area contributed by atoms with Crippen LogP contribution in [0.5, 0.6) is 0 Å². The van der Waals surface area contributed by atoms with Crippen LogP contribution in [0.3, 0.4) is 0 Å². The van der Waals surface area contributed by atoms with Crippen LogP contribution >= 0.6 is 11.6 Å². The van der Waals surface area contributed by atoms with E-state index in [9.17, 15) is 10.1 Å². The van der Waals surface area contributed by atoms with E-state index in [1.807, 2.05) is 13.8 Å². The second-order valence-corrected chi connectivity index (χ2v) is 4.06. The van der Waals surface area contributed by atoms with E-state index in [0.29, 0.717) is 23.9 Å². The van der Waals surface area contributed by atoms with Crippen molar-refractivity contribution in [3.8, 4) is 0 Å². The predicted molar refractivity (Wildman–Crippen MR) is 67.7 cm³/mol. The lowest BCUT2D eigenvalue weighted by Crippen LogP contribution is -2.22. The molecule has 0 spiro atoms. The fraction of sp³-hybridized carbons (Fsp3) is 0.455. The van der Waals surface area contributed by atoms with Gasteiger partial charge in [-0.05, 0) is 26.0 Å². The van der Waals surface area contributed by atoms with Gasteiger partial charge in [-0.15, -0.1) is 0 Å². The van der Waals surface area contributed by atoms with E-state index < -0.39 is 4.92 Å². The van der Waals surface area contributed by atoms with Gasteiger partial charge < -0.3 is 10.1 Å². The zero-order valence-corrected chi connectivity index (χ0v) is 10.5. The van der Waals surface area contributed by atoms with Crippen LogP contribution in [0.15, 0.2) is 18.2 Å². The quantitative estimate of drug-likeness (QED) is 0.629. The molecule has 0 aromatic heterocycles. The van der Waals surface area contributed by atoms with E-state index in [1.165, 1.54) is 6.07 Å². The zero-order valence-electron chi connectivity index (χ0n) is 9.77. The summed E-state index contributed by atoms with van der Waals surface area (Å²) in [4.78, 5) is 10.4. The number of hydrogen-bond acceptors (Lipinski definition) is 4. The Labute approximate surface area is 105 Å². The van der Waals surface area contributed by atoms with Crippen molar-refractivity contribution in [2.24, 2.45) is 0 Å². The second-order valence-electron chi connectivity index (χ2n) is 3.62. The lowest BCUT2D eigenvalue weighted by molar-refractivity contribution is -0.384. The molecule has 0 saturated heterocycles. The average Bonchev–Trinajstić information content (AvgIpc) is 2.28. The Kier molecular flexibility index (Phi) is 5.18. The van der Waals surface area contributed by atoms with Crippen LogP contribution in [0.2, 0.25) is 5.02 Å². The third-order valence-electron chi connectivity index (χ3n) is 2.13. The van der Waals surface area contributed by atoms with Gasteiger partial charge in [0.25, 0.3) is 5.69 Å². The highest BCUT2D eigenvalue weighted by Gasteiger charge is 2.15. The molecule has 1 N–H and O–H groups in total. The molecule has 0 amide bonds. The maximum Gasteiger partial charge on any atom is 0.293 e. The molecule has 94 valence electrons. The number of rotatable bonds is 6. The van der Waals surface area contributed by atoms with Gasteiger partial charge in [0, 0.05) is 23.7 Å². The van der Waals surface area contributed by atoms with E-state index in [4.69, 9.17) is 16.3 Å². The van der Waals surface area contributed by atoms with E-state index in [2.05, 4.69) is 5.32 Å². The second kappa shape index (κ2) is 6.42. The molecule has 1 rings (SSSR count). The first-order chi connectivity index (χ1) is 8.04. The third-order valence-corrected chi connectivity index (χ3v) is 2.37. The van der Waals surface area contributed by atoms with Crippen molar-refractivity contribution in [2.75, 3.05) is 18.5 Å². The molecule has 1 atom stereocenters. The zero-order chi connectivity index (χ0) is 12.8. The van der Waals surface area contributed by atoms with Crippen molar-refractivity contribution in [2.45, 2.75) is 19.9 Å². The average molecular weight is 259 g/mol. The van der Waals surface area contributed by atoms with Crippen LogP contribution in [0.1, 0.15) is 13.8 Å². The van der Waals surface area contributed by atoms with E-state index >= 15 is 0 Å². The summed E-state index contributed by atoms with van der Waals surface area (Å²) in [5.74, 6) is 0. The molecule has 1 unspecified atom stereocenters. The van der Waals surface area contributed by atoms with Gasteiger partial charge in [0.15, 0.2) is 0 Å². The van der Waals surface area contributed by atoms with Gasteiger partial charge in [-0.3, -0.25) is 10.1 Å². The largest absolute Gasteiger partial charge is 0.380 e. The topological polar surface area (TPSA) is 64.4 Å². The predicted octanol–water partition coefficient (Wildman–Crippen LogP) is 3.09. The van der Waals surface area contributed by atoms with Crippen LogP contribution < -0.4 is 5.32 Å². The molecule has 0 bridgehead atoms. The normalized spacial score (nSPS) is 12.2. The molecule has 1 aromatic carbocycles. The smallest absolute Gasteiger partial charge is 0.293 e. The molecule has 0 heterocycles. The third kappa shape index (κ3) is 4.20. The molecule has 0 aliphatic carbocycles. The molecule has 0 fully saturated rings. The summed E-state index contributed by atoms with van der Waals surface area (Å²) in [7, 11) is 0. The molecular weight excluding hydrogens is 244 g/mol. The van der Waals surface area contributed by atoms with Gasteiger partial charge in [0.1, 0.15) is 5.69 Å². The Hall–Kier alpha value is -1.33. The fourth-order valence-corrected chi connectivity index (χ4v) is 1.55. The minimum absolute atomic E-state index is 0.00479. The van der Waals surface area contributed by atoms with Crippen molar-refractivity contribution >= 4 is 23.0 Å². The molecule has 17 heavy (non-hydrogen) atoms. The minimum Gasteiger partial charge on any atom is -0.380 e. The maximum atomic E-state index is 10.8. The summed E-state index contributed by atoms with van der Waals surface area (Å²) in [6, 6.07) is 4.54. The summed E-state index contributed by atoms with van der Waals surface area (Å²) >= 11 is 5.72. The first kappa shape index (κ1) is 13.7. The van der Waals surface area contributed by atoms with Crippen LogP contribution in [-0.4, -0.2) is 24.2 Å². The van der Waals surface area contributed by atoms with Crippen LogP contribution in [0.4, 0.5) is 11.4 Å². The van der Waals surface area contributed by atoms with Gasteiger partial charge in [0.05, 0.1) is 11.5 Å². The molecular formula is C11H15ClN2O3. The maximum absolute atomic E-state index is 10.8. The highest BCUT2D eigenvalue weighted by molar-refractivity contribution is 6.30. The van der Waals surface area contributed by atoms with Crippen molar-refractivity contribution < 1.29 is 9.66 Å². The number of nitrogens with one attached hydrogen (secondary N) is 1. The standard InChI is InChI=1S/C11H15ClN2O3/c1-3-17-7-8(2)13-10-5-4-9(12)6-11(10)14(15)16/h4-6,8,13H,3,7H2,1-2H3. The number of halogens is 1. The molecule has 6 heteroatoms. The monoisotopic (exact) mass is 258 g/mol. The SMILES string of the molecule is CCOCC(C)Nc1ccc(Cl)cc1[N+](=O)[O-]. The Balaban J connectivity index is 2.79. The Bertz CT molecular complexity index is 398. The molecule has 0 saturated carbocycles. The molecule has 1 aromatic rings. The number of anilines is 1. The summed E-state index contributed by atoms with van der Waals surface area (Å²) in [6.07, 6.45) is 0. The number of benzene rings is 1. The number of nitro benzene ring substituents is 1. The Morgan fingerprint density at radius 2 is 2.29 bits per heavy atom. The van der Waals surface area contributed by atoms with E-state index in [1.54, 1.807) is 12.1 Å². The fourth-order valence-electron chi connectivity index (χ4n) is 1.38. The summed E-state index contributed by atoms with van der Waals surface area (Å²) in [5.41, 5.74) is 0.424. The van der Waals surface area contributed by atoms with Crippen LogP contribution in [0, 0.1) is 10.1 Å². The molecule has 0 radical (unpaired) electrons. The van der Waals surface area contributed by atoms with Crippen molar-refractivity contribution in [1.29, 1.82) is 0 Å². The van der Waals surface area contributed by atoms with Crippen molar-refractivity contribution in [3.63, 3.8) is 0 Å². The van der Waals surface area contributed by atoms with E-state index in [-0.39, 0.29) is 11.7 Å². The van der Waals surface area contributed by atoms with Gasteiger partial charge in [0.2, 0.25) is 0 Å². The summed E-state index contributed by atoms with van der Waals surface area (Å²) < 4.78 is 5.23.